The van der Waals surface area contributed by atoms with E-state index in [1.807, 2.05) is 13.0 Å². The molecule has 0 fully saturated rings. The topological polar surface area (TPSA) is 24.9 Å². The minimum absolute atomic E-state index is 0.0368. The standard InChI is InChI=1S/C13H19F3N2/c1-3-10-9-18-8-6-11(10)12(17-2)5-4-7-13(14,15)16/h6,8-9,12,17H,3-5,7H2,1-2H3. The van der Waals surface area contributed by atoms with Gasteiger partial charge in [0.05, 0.1) is 0 Å². The predicted molar refractivity (Wildman–Crippen MR) is 65.3 cm³/mol. The Morgan fingerprint density at radius 3 is 2.67 bits per heavy atom. The Bertz CT molecular complexity index is 363. The highest BCUT2D eigenvalue weighted by Crippen LogP contribution is 2.27. The zero-order valence-corrected chi connectivity index (χ0v) is 10.7. The summed E-state index contributed by atoms with van der Waals surface area (Å²) in [6, 6.07) is 1.85. The van der Waals surface area contributed by atoms with Gasteiger partial charge in [-0.2, -0.15) is 13.2 Å². The van der Waals surface area contributed by atoms with Crippen LogP contribution in [0.25, 0.3) is 0 Å². The van der Waals surface area contributed by atoms with Gasteiger partial charge in [0.25, 0.3) is 0 Å². The molecule has 0 aliphatic rings. The first-order valence-electron chi connectivity index (χ1n) is 6.14. The molecule has 1 rings (SSSR count). The number of nitrogens with one attached hydrogen (secondary N) is 1. The molecule has 0 aliphatic heterocycles. The smallest absolute Gasteiger partial charge is 0.313 e. The van der Waals surface area contributed by atoms with E-state index in [9.17, 15) is 13.2 Å². The summed E-state index contributed by atoms with van der Waals surface area (Å²) >= 11 is 0. The average molecular weight is 260 g/mol. The molecule has 1 heterocycles. The number of alkyl halides is 3. The maximum absolute atomic E-state index is 12.1. The van der Waals surface area contributed by atoms with Crippen molar-refractivity contribution in [1.29, 1.82) is 0 Å². The van der Waals surface area contributed by atoms with Gasteiger partial charge in [0, 0.05) is 24.9 Å². The first-order chi connectivity index (χ1) is 8.48. The molecule has 0 saturated heterocycles. The van der Waals surface area contributed by atoms with E-state index < -0.39 is 12.6 Å². The van der Waals surface area contributed by atoms with E-state index in [0.717, 1.165) is 17.5 Å². The van der Waals surface area contributed by atoms with Crippen LogP contribution < -0.4 is 5.32 Å². The van der Waals surface area contributed by atoms with Crippen LogP contribution in [0.5, 0.6) is 0 Å². The molecule has 1 N–H and O–H groups in total. The fourth-order valence-corrected chi connectivity index (χ4v) is 2.04. The van der Waals surface area contributed by atoms with Crippen molar-refractivity contribution in [3.63, 3.8) is 0 Å². The van der Waals surface area contributed by atoms with Gasteiger partial charge in [-0.25, -0.2) is 0 Å². The second-order valence-corrected chi connectivity index (χ2v) is 4.28. The third-order valence-electron chi connectivity index (χ3n) is 3.00. The fourth-order valence-electron chi connectivity index (χ4n) is 2.04. The summed E-state index contributed by atoms with van der Waals surface area (Å²) in [5.41, 5.74) is 2.14. The summed E-state index contributed by atoms with van der Waals surface area (Å²) in [7, 11) is 1.78. The predicted octanol–water partition coefficient (Wildman–Crippen LogP) is 3.64. The van der Waals surface area contributed by atoms with Crippen molar-refractivity contribution < 1.29 is 13.2 Å². The zero-order valence-electron chi connectivity index (χ0n) is 10.7. The van der Waals surface area contributed by atoms with Crippen molar-refractivity contribution in [2.24, 2.45) is 0 Å². The number of halogens is 3. The lowest BCUT2D eigenvalue weighted by molar-refractivity contribution is -0.135. The van der Waals surface area contributed by atoms with Crippen molar-refractivity contribution in [3.8, 4) is 0 Å². The highest BCUT2D eigenvalue weighted by Gasteiger charge is 2.26. The normalized spacial score (nSPS) is 13.6. The lowest BCUT2D eigenvalue weighted by Gasteiger charge is -2.19. The van der Waals surface area contributed by atoms with Crippen LogP contribution in [0.1, 0.15) is 43.4 Å². The molecule has 0 spiro atoms. The summed E-state index contributed by atoms with van der Waals surface area (Å²) in [5.74, 6) is 0. The van der Waals surface area contributed by atoms with E-state index in [1.54, 1.807) is 19.4 Å². The molecule has 18 heavy (non-hydrogen) atoms. The van der Waals surface area contributed by atoms with Crippen LogP contribution in [0, 0.1) is 0 Å². The number of rotatable bonds is 6. The van der Waals surface area contributed by atoms with Crippen LogP contribution in [-0.2, 0) is 6.42 Å². The van der Waals surface area contributed by atoms with E-state index in [2.05, 4.69) is 10.3 Å². The first kappa shape index (κ1) is 15.0. The minimum Gasteiger partial charge on any atom is -0.313 e. The Hall–Kier alpha value is -1.10. The molecule has 5 heteroatoms. The van der Waals surface area contributed by atoms with Gasteiger partial charge in [-0.1, -0.05) is 6.92 Å². The zero-order chi connectivity index (χ0) is 13.6. The summed E-state index contributed by atoms with van der Waals surface area (Å²) in [4.78, 5) is 4.04. The molecule has 0 amide bonds. The number of nitrogens with zero attached hydrogens (tertiary/aromatic N) is 1. The molecule has 1 aromatic rings. The van der Waals surface area contributed by atoms with Crippen molar-refractivity contribution in [3.05, 3.63) is 29.6 Å². The molecule has 0 aliphatic carbocycles. The van der Waals surface area contributed by atoms with E-state index >= 15 is 0 Å². The fraction of sp³-hybridized carbons (Fsp3) is 0.615. The average Bonchev–Trinajstić information content (AvgIpc) is 2.33. The number of hydrogen-bond donors (Lipinski definition) is 1. The molecule has 0 saturated carbocycles. The molecule has 0 bridgehead atoms. The highest BCUT2D eigenvalue weighted by molar-refractivity contribution is 5.26. The Kier molecular flexibility index (Phi) is 5.59. The second kappa shape index (κ2) is 6.73. The van der Waals surface area contributed by atoms with Crippen LogP contribution in [0.2, 0.25) is 0 Å². The molecule has 0 radical (unpaired) electrons. The molecule has 0 aromatic carbocycles. The number of hydrogen-bond acceptors (Lipinski definition) is 2. The minimum atomic E-state index is -4.07. The SMILES string of the molecule is CCc1cnccc1C(CCCC(F)(F)F)NC. The van der Waals surface area contributed by atoms with E-state index in [1.165, 1.54) is 0 Å². The Morgan fingerprint density at radius 2 is 2.11 bits per heavy atom. The van der Waals surface area contributed by atoms with Crippen molar-refractivity contribution in [1.82, 2.24) is 10.3 Å². The van der Waals surface area contributed by atoms with E-state index in [-0.39, 0.29) is 12.5 Å². The maximum atomic E-state index is 12.1. The monoisotopic (exact) mass is 260 g/mol. The molecule has 1 aromatic heterocycles. The van der Waals surface area contributed by atoms with Crippen molar-refractivity contribution in [2.75, 3.05) is 7.05 Å². The Balaban J connectivity index is 2.65. The van der Waals surface area contributed by atoms with Gasteiger partial charge in [-0.3, -0.25) is 4.98 Å². The van der Waals surface area contributed by atoms with Gasteiger partial charge >= 0.3 is 6.18 Å². The quantitative estimate of drug-likeness (QED) is 0.844. The largest absolute Gasteiger partial charge is 0.389 e. The van der Waals surface area contributed by atoms with Gasteiger partial charge in [-0.05, 0) is 43.5 Å². The van der Waals surface area contributed by atoms with Crippen LogP contribution in [0.15, 0.2) is 18.5 Å². The van der Waals surface area contributed by atoms with E-state index in [4.69, 9.17) is 0 Å². The van der Waals surface area contributed by atoms with Crippen molar-refractivity contribution >= 4 is 0 Å². The van der Waals surface area contributed by atoms with Gasteiger partial charge in [0.15, 0.2) is 0 Å². The first-order valence-corrected chi connectivity index (χ1v) is 6.14. The van der Waals surface area contributed by atoms with Gasteiger partial charge in [0.1, 0.15) is 0 Å². The molecular weight excluding hydrogens is 241 g/mol. The maximum Gasteiger partial charge on any atom is 0.389 e. The molecule has 1 atom stereocenters. The summed E-state index contributed by atoms with van der Waals surface area (Å²) in [6.45, 7) is 2.02. The third kappa shape index (κ3) is 4.64. The Morgan fingerprint density at radius 1 is 1.39 bits per heavy atom. The molecular formula is C13H19F3N2. The van der Waals surface area contributed by atoms with Crippen LogP contribution in [0.4, 0.5) is 13.2 Å². The van der Waals surface area contributed by atoms with Crippen LogP contribution in [-0.4, -0.2) is 18.2 Å². The summed E-state index contributed by atoms with van der Waals surface area (Å²) in [6.07, 6.45) is 0.127. The summed E-state index contributed by atoms with van der Waals surface area (Å²) in [5, 5.41) is 3.08. The summed E-state index contributed by atoms with van der Waals surface area (Å²) < 4.78 is 36.4. The van der Waals surface area contributed by atoms with Crippen LogP contribution in [0.3, 0.4) is 0 Å². The second-order valence-electron chi connectivity index (χ2n) is 4.28. The molecule has 102 valence electrons. The lowest BCUT2D eigenvalue weighted by atomic mass is 9.96. The van der Waals surface area contributed by atoms with Gasteiger partial charge in [0.2, 0.25) is 0 Å². The lowest BCUT2D eigenvalue weighted by Crippen LogP contribution is -2.19. The third-order valence-corrected chi connectivity index (χ3v) is 3.00. The Labute approximate surface area is 106 Å². The van der Waals surface area contributed by atoms with E-state index in [0.29, 0.717) is 6.42 Å². The van der Waals surface area contributed by atoms with Gasteiger partial charge in [-0.15, -0.1) is 0 Å². The molecule has 2 nitrogen and oxygen atoms in total. The highest BCUT2D eigenvalue weighted by atomic mass is 19.4. The van der Waals surface area contributed by atoms with Gasteiger partial charge < -0.3 is 5.32 Å². The number of pyridine rings is 1. The van der Waals surface area contributed by atoms with Crippen molar-refractivity contribution in [2.45, 2.75) is 44.8 Å². The number of aryl methyl sites for hydroxylation is 1. The molecule has 1 unspecified atom stereocenters. The van der Waals surface area contributed by atoms with Crippen LogP contribution >= 0.6 is 0 Å². The number of aromatic nitrogens is 1.